The van der Waals surface area contributed by atoms with Gasteiger partial charge in [0.15, 0.2) is 0 Å². The summed E-state index contributed by atoms with van der Waals surface area (Å²) >= 11 is 12.3. The second-order valence-electron chi connectivity index (χ2n) is 6.60. The van der Waals surface area contributed by atoms with Crippen LogP contribution < -0.4 is 10.2 Å². The molecule has 1 aliphatic rings. The lowest BCUT2D eigenvalue weighted by molar-refractivity contribution is -0.146. The van der Waals surface area contributed by atoms with Crippen LogP contribution in [-0.2, 0) is 16.0 Å². The van der Waals surface area contributed by atoms with E-state index >= 15 is 0 Å². The van der Waals surface area contributed by atoms with E-state index < -0.39 is 11.8 Å². The number of halogens is 2. The van der Waals surface area contributed by atoms with Gasteiger partial charge in [-0.3, -0.25) is 14.4 Å². The predicted molar refractivity (Wildman–Crippen MR) is 114 cm³/mol. The normalized spacial score (nSPS) is 14.3. The molecule has 152 valence electrons. The minimum Gasteiger partial charge on any atom is -0.352 e. The molecule has 0 unspecified atom stereocenters. The number of carbonyl (C=O) groups is 3. The van der Waals surface area contributed by atoms with Gasteiger partial charge in [0, 0.05) is 36.9 Å². The molecular formula is C21H21Cl2N3O3. The fraction of sp³-hybridized carbons (Fsp3) is 0.286. The van der Waals surface area contributed by atoms with Crippen LogP contribution in [0.3, 0.4) is 0 Å². The van der Waals surface area contributed by atoms with Crippen molar-refractivity contribution in [3.05, 3.63) is 63.6 Å². The zero-order chi connectivity index (χ0) is 21.0. The van der Waals surface area contributed by atoms with E-state index in [1.165, 1.54) is 9.80 Å². The van der Waals surface area contributed by atoms with Crippen LogP contribution in [0.15, 0.2) is 42.5 Å². The Morgan fingerprint density at radius 2 is 1.79 bits per heavy atom. The fourth-order valence-electron chi connectivity index (χ4n) is 3.18. The first-order chi connectivity index (χ1) is 13.9. The Kier molecular flexibility index (Phi) is 6.77. The number of piperazine rings is 1. The SMILES string of the molecule is CCN1CCN(c2ccc(Cl)c(C(=O)NCCc3ccccc3Cl)c2)C(=O)C1=O. The van der Waals surface area contributed by atoms with Crippen molar-refractivity contribution >= 4 is 46.6 Å². The largest absolute Gasteiger partial charge is 0.352 e. The number of carbonyl (C=O) groups excluding carboxylic acids is 3. The summed E-state index contributed by atoms with van der Waals surface area (Å²) in [6, 6.07) is 12.2. The maximum absolute atomic E-state index is 12.6. The van der Waals surface area contributed by atoms with Crippen LogP contribution in [0.1, 0.15) is 22.8 Å². The van der Waals surface area contributed by atoms with Crippen LogP contribution in [0.5, 0.6) is 0 Å². The number of hydrogen-bond acceptors (Lipinski definition) is 3. The van der Waals surface area contributed by atoms with Crippen molar-refractivity contribution in [2.75, 3.05) is 31.1 Å². The molecule has 0 bridgehead atoms. The second-order valence-corrected chi connectivity index (χ2v) is 7.42. The zero-order valence-corrected chi connectivity index (χ0v) is 17.5. The predicted octanol–water partition coefficient (Wildman–Crippen LogP) is 3.16. The summed E-state index contributed by atoms with van der Waals surface area (Å²) in [6.07, 6.45) is 0.578. The molecule has 1 fully saturated rings. The lowest BCUT2D eigenvalue weighted by atomic mass is 10.1. The molecule has 0 spiro atoms. The van der Waals surface area contributed by atoms with Gasteiger partial charge in [0.1, 0.15) is 0 Å². The van der Waals surface area contributed by atoms with Gasteiger partial charge in [-0.25, -0.2) is 0 Å². The fourth-order valence-corrected chi connectivity index (χ4v) is 3.62. The van der Waals surface area contributed by atoms with Crippen LogP contribution >= 0.6 is 23.2 Å². The Labute approximate surface area is 179 Å². The molecule has 2 aromatic carbocycles. The number of hydrogen-bond donors (Lipinski definition) is 1. The molecule has 8 heteroatoms. The molecule has 1 N–H and O–H groups in total. The van der Waals surface area contributed by atoms with E-state index in [2.05, 4.69) is 5.32 Å². The van der Waals surface area contributed by atoms with E-state index in [-0.39, 0.29) is 16.5 Å². The van der Waals surface area contributed by atoms with Crippen molar-refractivity contribution in [1.82, 2.24) is 10.2 Å². The molecule has 1 aliphatic heterocycles. The van der Waals surface area contributed by atoms with E-state index in [0.29, 0.717) is 43.3 Å². The molecule has 0 saturated carbocycles. The van der Waals surface area contributed by atoms with Crippen LogP contribution in [0, 0.1) is 0 Å². The van der Waals surface area contributed by atoms with Gasteiger partial charge in [-0.2, -0.15) is 0 Å². The standard InChI is InChI=1S/C21H21Cl2N3O3/c1-2-25-11-12-26(21(29)20(25)28)15-7-8-18(23)16(13-15)19(27)24-10-9-14-5-3-4-6-17(14)22/h3-8,13H,2,9-12H2,1H3,(H,24,27). The van der Waals surface area contributed by atoms with Crippen LogP contribution in [0.25, 0.3) is 0 Å². The van der Waals surface area contributed by atoms with Crippen LogP contribution in [0.2, 0.25) is 10.0 Å². The maximum atomic E-state index is 12.6. The highest BCUT2D eigenvalue weighted by Crippen LogP contribution is 2.25. The highest BCUT2D eigenvalue weighted by atomic mass is 35.5. The average Bonchev–Trinajstić information content (AvgIpc) is 2.72. The smallest absolute Gasteiger partial charge is 0.316 e. The van der Waals surface area contributed by atoms with Crippen molar-refractivity contribution in [3.63, 3.8) is 0 Å². The van der Waals surface area contributed by atoms with Crippen LogP contribution in [0.4, 0.5) is 5.69 Å². The number of amides is 3. The van der Waals surface area contributed by atoms with Gasteiger partial charge in [-0.05, 0) is 43.2 Å². The molecule has 0 atom stereocenters. The third-order valence-electron chi connectivity index (χ3n) is 4.83. The van der Waals surface area contributed by atoms with E-state index in [0.717, 1.165) is 5.56 Å². The topological polar surface area (TPSA) is 69.7 Å². The molecule has 29 heavy (non-hydrogen) atoms. The number of likely N-dealkylation sites (N-methyl/N-ethyl adjacent to an activating group) is 1. The molecule has 6 nitrogen and oxygen atoms in total. The second kappa shape index (κ2) is 9.29. The molecular weight excluding hydrogens is 413 g/mol. The average molecular weight is 434 g/mol. The van der Waals surface area contributed by atoms with Gasteiger partial charge >= 0.3 is 11.8 Å². The summed E-state index contributed by atoms with van der Waals surface area (Å²) in [5.74, 6) is -1.50. The highest BCUT2D eigenvalue weighted by Gasteiger charge is 2.32. The monoisotopic (exact) mass is 433 g/mol. The Balaban J connectivity index is 1.70. The van der Waals surface area contributed by atoms with Gasteiger partial charge < -0.3 is 15.1 Å². The molecule has 3 amide bonds. The zero-order valence-electron chi connectivity index (χ0n) is 16.0. The van der Waals surface area contributed by atoms with Gasteiger partial charge in [-0.15, -0.1) is 0 Å². The van der Waals surface area contributed by atoms with E-state index in [9.17, 15) is 14.4 Å². The van der Waals surface area contributed by atoms with Gasteiger partial charge in [0.05, 0.1) is 10.6 Å². The molecule has 2 aromatic rings. The third kappa shape index (κ3) is 4.71. The summed E-state index contributed by atoms with van der Waals surface area (Å²) in [5.41, 5.74) is 1.66. The minimum absolute atomic E-state index is 0.251. The lowest BCUT2D eigenvalue weighted by Crippen LogP contribution is -2.54. The van der Waals surface area contributed by atoms with Gasteiger partial charge in [-0.1, -0.05) is 41.4 Å². The van der Waals surface area contributed by atoms with Crippen molar-refractivity contribution in [1.29, 1.82) is 0 Å². The molecule has 3 rings (SSSR count). The van der Waals surface area contributed by atoms with E-state index in [1.807, 2.05) is 25.1 Å². The Morgan fingerprint density at radius 3 is 2.52 bits per heavy atom. The van der Waals surface area contributed by atoms with Crippen molar-refractivity contribution in [2.24, 2.45) is 0 Å². The number of anilines is 1. The molecule has 0 radical (unpaired) electrons. The number of benzene rings is 2. The first kappa shape index (κ1) is 21.1. The number of rotatable bonds is 6. The molecule has 1 heterocycles. The molecule has 0 aliphatic carbocycles. The Morgan fingerprint density at radius 1 is 1.03 bits per heavy atom. The molecule has 0 aromatic heterocycles. The summed E-state index contributed by atoms with van der Waals surface area (Å²) in [5, 5.41) is 3.74. The van der Waals surface area contributed by atoms with E-state index in [4.69, 9.17) is 23.2 Å². The Hall–Kier alpha value is -2.57. The highest BCUT2D eigenvalue weighted by molar-refractivity contribution is 6.41. The Bertz CT molecular complexity index is 949. The quantitative estimate of drug-likeness (QED) is 0.711. The molecule has 1 saturated heterocycles. The lowest BCUT2D eigenvalue weighted by Gasteiger charge is -2.33. The van der Waals surface area contributed by atoms with E-state index in [1.54, 1.807) is 24.3 Å². The first-order valence-electron chi connectivity index (χ1n) is 9.34. The van der Waals surface area contributed by atoms with Gasteiger partial charge in [0.2, 0.25) is 0 Å². The third-order valence-corrected chi connectivity index (χ3v) is 5.53. The summed E-state index contributed by atoms with van der Waals surface area (Å²) in [6.45, 7) is 3.51. The maximum Gasteiger partial charge on any atom is 0.316 e. The summed E-state index contributed by atoms with van der Waals surface area (Å²) in [4.78, 5) is 40.0. The van der Waals surface area contributed by atoms with Crippen molar-refractivity contribution < 1.29 is 14.4 Å². The van der Waals surface area contributed by atoms with Crippen molar-refractivity contribution in [3.8, 4) is 0 Å². The van der Waals surface area contributed by atoms with Crippen LogP contribution in [-0.4, -0.2) is 48.8 Å². The summed E-state index contributed by atoms with van der Waals surface area (Å²) < 4.78 is 0. The number of nitrogens with one attached hydrogen (secondary N) is 1. The minimum atomic E-state index is -0.606. The first-order valence-corrected chi connectivity index (χ1v) is 10.1. The number of nitrogens with zero attached hydrogens (tertiary/aromatic N) is 2. The van der Waals surface area contributed by atoms with Crippen molar-refractivity contribution in [2.45, 2.75) is 13.3 Å². The summed E-state index contributed by atoms with van der Waals surface area (Å²) in [7, 11) is 0. The van der Waals surface area contributed by atoms with Gasteiger partial charge in [0.25, 0.3) is 5.91 Å².